The highest BCUT2D eigenvalue weighted by Crippen LogP contribution is 2.28. The van der Waals surface area contributed by atoms with Crippen molar-refractivity contribution in [3.05, 3.63) is 27.2 Å². The quantitative estimate of drug-likeness (QED) is 0.896. The number of rotatable bonds is 4. The van der Waals surface area contributed by atoms with Crippen LogP contribution >= 0.6 is 27.5 Å². The van der Waals surface area contributed by atoms with E-state index in [-0.39, 0.29) is 5.91 Å². The summed E-state index contributed by atoms with van der Waals surface area (Å²) in [5.74, 6) is -0.322. The van der Waals surface area contributed by atoms with Crippen molar-refractivity contribution in [2.75, 3.05) is 11.9 Å². The summed E-state index contributed by atoms with van der Waals surface area (Å²) >= 11 is 9.39. The van der Waals surface area contributed by atoms with Crippen LogP contribution in [0.15, 0.2) is 16.6 Å². The minimum absolute atomic E-state index is 0.304. The summed E-state index contributed by atoms with van der Waals surface area (Å²) in [4.78, 5) is 10.5. The van der Waals surface area contributed by atoms with Crippen LogP contribution in [0.3, 0.4) is 0 Å². The summed E-state index contributed by atoms with van der Waals surface area (Å²) in [6.45, 7) is 2.44. The van der Waals surface area contributed by atoms with Crippen molar-refractivity contribution < 1.29 is 4.79 Å². The monoisotopic (exact) mass is 290 g/mol. The Morgan fingerprint density at radius 3 is 2.87 bits per heavy atom. The number of carbonyl (C=O) groups is 1. The van der Waals surface area contributed by atoms with Gasteiger partial charge in [0.2, 0.25) is 5.91 Å². The molecule has 1 rings (SSSR count). The van der Waals surface area contributed by atoms with Crippen molar-refractivity contribution in [2.45, 2.75) is 13.3 Å². The number of nitrogens with two attached hydrogens (primary N) is 1. The van der Waals surface area contributed by atoms with Crippen LogP contribution in [0.25, 0.3) is 0 Å². The van der Waals surface area contributed by atoms with E-state index in [9.17, 15) is 4.79 Å². The molecular weight excluding hydrogens is 279 g/mol. The van der Waals surface area contributed by atoms with E-state index in [1.165, 1.54) is 0 Å². The topological polar surface area (TPSA) is 55.1 Å². The van der Waals surface area contributed by atoms with Gasteiger partial charge in [-0.25, -0.2) is 0 Å². The van der Waals surface area contributed by atoms with Gasteiger partial charge in [0.1, 0.15) is 0 Å². The predicted octanol–water partition coefficient (Wildman–Crippen LogP) is 2.70. The Labute approximate surface area is 102 Å². The van der Waals surface area contributed by atoms with E-state index in [0.717, 1.165) is 15.7 Å². The average Bonchev–Trinajstić information content (AvgIpc) is 2.13. The van der Waals surface area contributed by atoms with E-state index >= 15 is 0 Å². The van der Waals surface area contributed by atoms with Crippen LogP contribution < -0.4 is 11.1 Å². The summed E-state index contributed by atoms with van der Waals surface area (Å²) in [6, 6.07) is 3.75. The Morgan fingerprint density at radius 2 is 2.27 bits per heavy atom. The Kier molecular flexibility index (Phi) is 4.42. The lowest BCUT2D eigenvalue weighted by Crippen LogP contribution is -2.16. The molecule has 15 heavy (non-hydrogen) atoms. The molecule has 0 spiro atoms. The molecule has 0 fully saturated rings. The van der Waals surface area contributed by atoms with Crippen LogP contribution in [-0.4, -0.2) is 12.5 Å². The summed E-state index contributed by atoms with van der Waals surface area (Å²) in [6.07, 6.45) is 0.304. The molecule has 0 saturated heterocycles. The number of halogens is 2. The lowest BCUT2D eigenvalue weighted by atomic mass is 10.2. The second kappa shape index (κ2) is 5.37. The first-order valence-corrected chi connectivity index (χ1v) is 5.65. The van der Waals surface area contributed by atoms with E-state index in [0.29, 0.717) is 18.0 Å². The van der Waals surface area contributed by atoms with Gasteiger partial charge >= 0.3 is 0 Å². The molecule has 3 nitrogen and oxygen atoms in total. The van der Waals surface area contributed by atoms with Crippen molar-refractivity contribution >= 4 is 39.1 Å². The zero-order valence-electron chi connectivity index (χ0n) is 8.31. The van der Waals surface area contributed by atoms with Gasteiger partial charge in [0, 0.05) is 28.1 Å². The lowest BCUT2D eigenvalue weighted by molar-refractivity contribution is -0.117. The van der Waals surface area contributed by atoms with Gasteiger partial charge in [-0.2, -0.15) is 0 Å². The molecule has 0 aliphatic rings. The average molecular weight is 292 g/mol. The number of hydrogen-bond donors (Lipinski definition) is 2. The van der Waals surface area contributed by atoms with Crippen molar-refractivity contribution in [1.82, 2.24) is 0 Å². The molecule has 3 N–H and O–H groups in total. The third-order valence-electron chi connectivity index (χ3n) is 1.94. The van der Waals surface area contributed by atoms with E-state index in [1.807, 2.05) is 19.1 Å². The fourth-order valence-corrected chi connectivity index (χ4v) is 1.86. The second-order valence-electron chi connectivity index (χ2n) is 3.22. The van der Waals surface area contributed by atoms with Crippen LogP contribution in [0, 0.1) is 6.92 Å². The third-order valence-corrected chi connectivity index (χ3v) is 3.00. The molecule has 0 heterocycles. The van der Waals surface area contributed by atoms with Gasteiger partial charge in [0.15, 0.2) is 0 Å². The molecule has 82 valence electrons. The van der Waals surface area contributed by atoms with Crippen molar-refractivity contribution in [2.24, 2.45) is 5.73 Å². The fourth-order valence-electron chi connectivity index (χ4n) is 1.10. The molecule has 0 aromatic heterocycles. The molecule has 1 aromatic rings. The Balaban J connectivity index is 2.69. The SMILES string of the molecule is Cc1cc(Br)c(NCCC(N)=O)cc1Cl. The van der Waals surface area contributed by atoms with Crippen molar-refractivity contribution in [1.29, 1.82) is 0 Å². The van der Waals surface area contributed by atoms with Crippen LogP contribution in [0.4, 0.5) is 5.69 Å². The van der Waals surface area contributed by atoms with Crippen molar-refractivity contribution in [3.63, 3.8) is 0 Å². The smallest absolute Gasteiger partial charge is 0.219 e. The predicted molar refractivity (Wildman–Crippen MR) is 66.2 cm³/mol. The maximum absolute atomic E-state index is 10.5. The minimum Gasteiger partial charge on any atom is -0.384 e. The van der Waals surface area contributed by atoms with Gasteiger partial charge in [-0.15, -0.1) is 0 Å². The maximum Gasteiger partial charge on any atom is 0.219 e. The molecule has 0 bridgehead atoms. The highest BCUT2D eigenvalue weighted by Gasteiger charge is 2.04. The molecule has 1 aromatic carbocycles. The molecule has 5 heteroatoms. The van der Waals surface area contributed by atoms with Gasteiger partial charge in [-0.3, -0.25) is 4.79 Å². The molecule has 0 aliphatic carbocycles. The number of primary amides is 1. The zero-order chi connectivity index (χ0) is 11.4. The first-order chi connectivity index (χ1) is 7.00. The van der Waals surface area contributed by atoms with Crippen LogP contribution in [0.2, 0.25) is 5.02 Å². The highest BCUT2D eigenvalue weighted by molar-refractivity contribution is 9.10. The van der Waals surface area contributed by atoms with Crippen molar-refractivity contribution in [3.8, 4) is 0 Å². The maximum atomic E-state index is 10.5. The Hall–Kier alpha value is -0.740. The van der Waals surface area contributed by atoms with Gasteiger partial charge in [-0.1, -0.05) is 11.6 Å². The number of anilines is 1. The largest absolute Gasteiger partial charge is 0.384 e. The van der Waals surface area contributed by atoms with Crippen LogP contribution in [0.5, 0.6) is 0 Å². The number of aryl methyl sites for hydroxylation is 1. The minimum atomic E-state index is -0.322. The summed E-state index contributed by atoms with van der Waals surface area (Å²) in [5.41, 5.74) is 6.90. The summed E-state index contributed by atoms with van der Waals surface area (Å²) in [5, 5.41) is 3.77. The van der Waals surface area contributed by atoms with Crippen LogP contribution in [-0.2, 0) is 4.79 Å². The van der Waals surface area contributed by atoms with Gasteiger partial charge in [0.25, 0.3) is 0 Å². The number of amides is 1. The lowest BCUT2D eigenvalue weighted by Gasteiger charge is -2.09. The van der Waals surface area contributed by atoms with Gasteiger partial charge in [0.05, 0.1) is 0 Å². The van der Waals surface area contributed by atoms with E-state index in [1.54, 1.807) is 0 Å². The summed E-state index contributed by atoms with van der Waals surface area (Å²) in [7, 11) is 0. The number of hydrogen-bond acceptors (Lipinski definition) is 2. The second-order valence-corrected chi connectivity index (χ2v) is 4.49. The standard InChI is InChI=1S/C10H12BrClN2O/c1-6-4-7(11)9(5-8(6)12)14-3-2-10(13)15/h4-5,14H,2-3H2,1H3,(H2,13,15). The molecule has 0 aliphatic heterocycles. The molecule has 1 amide bonds. The molecule has 0 radical (unpaired) electrons. The number of carbonyl (C=O) groups excluding carboxylic acids is 1. The zero-order valence-corrected chi connectivity index (χ0v) is 10.7. The Morgan fingerprint density at radius 1 is 1.60 bits per heavy atom. The normalized spacial score (nSPS) is 10.1. The van der Waals surface area contributed by atoms with Gasteiger partial charge < -0.3 is 11.1 Å². The molecule has 0 atom stereocenters. The first-order valence-electron chi connectivity index (χ1n) is 4.48. The van der Waals surface area contributed by atoms with Gasteiger partial charge in [-0.05, 0) is 40.5 Å². The molecule has 0 unspecified atom stereocenters. The first kappa shape index (κ1) is 12.3. The van der Waals surface area contributed by atoms with Crippen LogP contribution in [0.1, 0.15) is 12.0 Å². The van der Waals surface area contributed by atoms with E-state index in [4.69, 9.17) is 17.3 Å². The summed E-state index contributed by atoms with van der Waals surface area (Å²) < 4.78 is 0.925. The van der Waals surface area contributed by atoms with E-state index in [2.05, 4.69) is 21.2 Å². The highest BCUT2D eigenvalue weighted by atomic mass is 79.9. The molecule has 0 saturated carbocycles. The molecular formula is C10H12BrClN2O. The van der Waals surface area contributed by atoms with E-state index < -0.39 is 0 Å². The Bertz CT molecular complexity index is 382. The third kappa shape index (κ3) is 3.72. The number of benzene rings is 1. The number of nitrogens with one attached hydrogen (secondary N) is 1. The fraction of sp³-hybridized carbons (Fsp3) is 0.300.